The molecule has 0 aliphatic carbocycles. The van der Waals surface area contributed by atoms with Crippen molar-refractivity contribution in [3.8, 4) is 22.9 Å². The smallest absolute Gasteiger partial charge is 0.261 e. The number of aryl methyl sites for hydroxylation is 1. The lowest BCUT2D eigenvalue weighted by Gasteiger charge is -2.35. The Kier molecular flexibility index (Phi) is 7.74. The largest absolute Gasteiger partial charge is 0.457 e. The third kappa shape index (κ3) is 5.84. The normalized spacial score (nSPS) is 17.6. The number of fused-ring (bicyclic) bond motifs is 1. The highest BCUT2D eigenvalue weighted by Gasteiger charge is 2.21. The first-order valence-corrected chi connectivity index (χ1v) is 14.6. The van der Waals surface area contributed by atoms with E-state index in [0.717, 1.165) is 74.7 Å². The molecule has 2 aliphatic heterocycles. The van der Waals surface area contributed by atoms with Crippen molar-refractivity contribution in [3.63, 3.8) is 0 Å². The van der Waals surface area contributed by atoms with Crippen LogP contribution in [0.2, 0.25) is 0 Å². The van der Waals surface area contributed by atoms with Gasteiger partial charge in [-0.05, 0) is 86.8 Å². The summed E-state index contributed by atoms with van der Waals surface area (Å²) in [6.07, 6.45) is 2.21. The number of ether oxygens (including phenoxy) is 1. The summed E-state index contributed by atoms with van der Waals surface area (Å²) in [5.74, 6) is 2.54. The maximum atomic E-state index is 14.0. The van der Waals surface area contributed by atoms with Gasteiger partial charge in [0, 0.05) is 50.9 Å². The second-order valence-electron chi connectivity index (χ2n) is 11.1. The fourth-order valence-electron chi connectivity index (χ4n) is 5.94. The Bertz CT molecular complexity index is 1600. The van der Waals surface area contributed by atoms with Gasteiger partial charge >= 0.3 is 0 Å². The number of carbonyl (C=O) groups is 1. The van der Waals surface area contributed by atoms with Crippen molar-refractivity contribution < 1.29 is 9.53 Å². The second-order valence-corrected chi connectivity index (χ2v) is 11.1. The van der Waals surface area contributed by atoms with E-state index in [1.807, 2.05) is 70.1 Å². The SMILES string of the molecule is CC(=O)N1CCN(c2ccc(Oc3ccc4nc(-c5ccccc5C)n(CC5CCCNC5)c(=O)c4c3)cc2)CC1. The number of nitrogens with zero attached hydrogens (tertiary/aromatic N) is 4. The van der Waals surface area contributed by atoms with E-state index < -0.39 is 0 Å². The maximum Gasteiger partial charge on any atom is 0.261 e. The molecule has 212 valence electrons. The van der Waals surface area contributed by atoms with Crippen molar-refractivity contribution in [2.75, 3.05) is 44.2 Å². The Labute approximate surface area is 240 Å². The van der Waals surface area contributed by atoms with Crippen molar-refractivity contribution in [1.82, 2.24) is 19.8 Å². The molecule has 1 unspecified atom stereocenters. The topological polar surface area (TPSA) is 79.7 Å². The van der Waals surface area contributed by atoms with E-state index in [1.54, 1.807) is 6.92 Å². The molecular weight excluding hydrogens is 514 g/mol. The first-order chi connectivity index (χ1) is 20.0. The minimum Gasteiger partial charge on any atom is -0.457 e. The lowest BCUT2D eigenvalue weighted by atomic mass is 9.99. The molecule has 2 aliphatic rings. The van der Waals surface area contributed by atoms with Gasteiger partial charge in [-0.3, -0.25) is 14.2 Å². The number of hydrogen-bond acceptors (Lipinski definition) is 6. The lowest BCUT2D eigenvalue weighted by Crippen LogP contribution is -2.48. The van der Waals surface area contributed by atoms with E-state index in [1.165, 1.54) is 0 Å². The van der Waals surface area contributed by atoms with Gasteiger partial charge in [-0.25, -0.2) is 4.98 Å². The lowest BCUT2D eigenvalue weighted by molar-refractivity contribution is -0.129. The standard InChI is InChI=1S/C33H37N5O3/c1-23-6-3-4-8-29(23)32-35-31-14-13-28(20-30(31)33(40)38(32)22-25-7-5-15-34-21-25)41-27-11-9-26(10-12-27)37-18-16-36(17-19-37)24(2)39/h3-4,6,8-14,20,25,34H,5,7,15-19,21-22H2,1-2H3. The summed E-state index contributed by atoms with van der Waals surface area (Å²) in [5.41, 5.74) is 3.81. The Hall–Kier alpha value is -4.17. The first-order valence-electron chi connectivity index (χ1n) is 14.6. The molecule has 8 nitrogen and oxygen atoms in total. The zero-order valence-electron chi connectivity index (χ0n) is 23.8. The number of piperazine rings is 1. The van der Waals surface area contributed by atoms with Gasteiger partial charge in [0.1, 0.15) is 17.3 Å². The molecule has 0 saturated carbocycles. The van der Waals surface area contributed by atoms with Gasteiger partial charge in [-0.15, -0.1) is 0 Å². The summed E-state index contributed by atoms with van der Waals surface area (Å²) in [6.45, 7) is 9.34. The molecule has 2 saturated heterocycles. The van der Waals surface area contributed by atoms with Crippen LogP contribution in [0.4, 0.5) is 5.69 Å². The number of carbonyl (C=O) groups excluding carboxylic acids is 1. The Morgan fingerprint density at radius 3 is 2.46 bits per heavy atom. The van der Waals surface area contributed by atoms with E-state index in [4.69, 9.17) is 9.72 Å². The third-order valence-electron chi connectivity index (χ3n) is 8.31. The van der Waals surface area contributed by atoms with Crippen LogP contribution < -0.4 is 20.5 Å². The molecule has 3 heterocycles. The van der Waals surface area contributed by atoms with Gasteiger partial charge < -0.3 is 19.9 Å². The number of benzene rings is 3. The van der Waals surface area contributed by atoms with E-state index in [9.17, 15) is 9.59 Å². The average molecular weight is 552 g/mol. The number of piperidine rings is 1. The van der Waals surface area contributed by atoms with E-state index in [2.05, 4.69) is 23.2 Å². The molecule has 1 aromatic heterocycles. The number of hydrogen-bond donors (Lipinski definition) is 1. The van der Waals surface area contributed by atoms with Crippen LogP contribution in [0.3, 0.4) is 0 Å². The highest BCUT2D eigenvalue weighted by Crippen LogP contribution is 2.29. The fourth-order valence-corrected chi connectivity index (χ4v) is 5.94. The van der Waals surface area contributed by atoms with Crippen molar-refractivity contribution in [2.45, 2.75) is 33.2 Å². The van der Waals surface area contributed by atoms with E-state index in [-0.39, 0.29) is 11.5 Å². The molecule has 6 rings (SSSR count). The molecule has 2 fully saturated rings. The first kappa shape index (κ1) is 27.0. The zero-order valence-corrected chi connectivity index (χ0v) is 23.8. The highest BCUT2D eigenvalue weighted by molar-refractivity contribution is 5.81. The fraction of sp³-hybridized carbons (Fsp3) is 0.364. The van der Waals surface area contributed by atoms with Crippen molar-refractivity contribution in [3.05, 3.63) is 82.6 Å². The molecule has 41 heavy (non-hydrogen) atoms. The van der Waals surface area contributed by atoms with Crippen LogP contribution in [0, 0.1) is 12.8 Å². The molecule has 3 aromatic carbocycles. The summed E-state index contributed by atoms with van der Waals surface area (Å²) in [7, 11) is 0. The predicted octanol–water partition coefficient (Wildman–Crippen LogP) is 4.83. The number of amides is 1. The van der Waals surface area contributed by atoms with Gasteiger partial charge in [0.2, 0.25) is 5.91 Å². The predicted molar refractivity (Wildman–Crippen MR) is 163 cm³/mol. The summed E-state index contributed by atoms with van der Waals surface area (Å²) in [5, 5.41) is 4.03. The van der Waals surface area contributed by atoms with Gasteiger partial charge in [0.25, 0.3) is 5.56 Å². The minimum atomic E-state index is -0.0377. The van der Waals surface area contributed by atoms with Gasteiger partial charge in [0.15, 0.2) is 0 Å². The molecule has 1 amide bonds. The van der Waals surface area contributed by atoms with Crippen molar-refractivity contribution in [2.24, 2.45) is 5.92 Å². The number of nitrogens with one attached hydrogen (secondary N) is 1. The Balaban J connectivity index is 1.27. The Morgan fingerprint density at radius 2 is 1.76 bits per heavy atom. The van der Waals surface area contributed by atoms with Gasteiger partial charge in [-0.2, -0.15) is 0 Å². The Morgan fingerprint density at radius 1 is 1.00 bits per heavy atom. The molecule has 0 spiro atoms. The molecule has 0 bridgehead atoms. The number of rotatable bonds is 6. The summed E-state index contributed by atoms with van der Waals surface area (Å²) in [6, 6.07) is 21.7. The summed E-state index contributed by atoms with van der Waals surface area (Å²) >= 11 is 0. The van der Waals surface area contributed by atoms with Crippen LogP contribution in [0.15, 0.2) is 71.5 Å². The molecule has 1 N–H and O–H groups in total. The summed E-state index contributed by atoms with van der Waals surface area (Å²) < 4.78 is 8.07. The molecule has 1 atom stereocenters. The van der Waals surface area contributed by atoms with E-state index >= 15 is 0 Å². The summed E-state index contributed by atoms with van der Waals surface area (Å²) in [4.78, 5) is 34.8. The van der Waals surface area contributed by atoms with Crippen LogP contribution in [0.5, 0.6) is 11.5 Å². The van der Waals surface area contributed by atoms with Crippen LogP contribution in [-0.4, -0.2) is 59.6 Å². The van der Waals surface area contributed by atoms with Crippen LogP contribution in [-0.2, 0) is 11.3 Å². The second kappa shape index (κ2) is 11.7. The number of anilines is 1. The maximum absolute atomic E-state index is 14.0. The highest BCUT2D eigenvalue weighted by atomic mass is 16.5. The van der Waals surface area contributed by atoms with Crippen molar-refractivity contribution in [1.29, 1.82) is 0 Å². The molecule has 8 heteroatoms. The molecular formula is C33H37N5O3. The molecule has 4 aromatic rings. The van der Waals surface area contributed by atoms with Crippen LogP contribution in [0.25, 0.3) is 22.3 Å². The average Bonchev–Trinajstić information content (AvgIpc) is 3.00. The van der Waals surface area contributed by atoms with Crippen molar-refractivity contribution >= 4 is 22.5 Å². The monoisotopic (exact) mass is 551 g/mol. The number of aromatic nitrogens is 2. The quantitative estimate of drug-likeness (QED) is 0.370. The minimum absolute atomic E-state index is 0.0377. The van der Waals surface area contributed by atoms with Crippen LogP contribution >= 0.6 is 0 Å². The van der Waals surface area contributed by atoms with Gasteiger partial charge in [-0.1, -0.05) is 24.3 Å². The zero-order chi connectivity index (χ0) is 28.3. The van der Waals surface area contributed by atoms with Gasteiger partial charge in [0.05, 0.1) is 10.9 Å². The van der Waals surface area contributed by atoms with Crippen LogP contribution in [0.1, 0.15) is 25.3 Å². The molecule has 0 radical (unpaired) electrons. The van der Waals surface area contributed by atoms with E-state index in [0.29, 0.717) is 34.9 Å². The third-order valence-corrected chi connectivity index (χ3v) is 8.31.